The van der Waals surface area contributed by atoms with Gasteiger partial charge in [-0.2, -0.15) is 0 Å². The van der Waals surface area contributed by atoms with Gasteiger partial charge in [-0.1, -0.05) is 12.1 Å². The standard InChI is InChI=1S/C12H16N2O4/c1-8(11(13)16)18-12(17)9-4-2-3-5-10(9)14-6-7-15/h2-5,8,14-15H,6-7H2,1H3,(H2,13,16)/t8-/m0/s1. The number of ether oxygens (including phenoxy) is 1. The first-order valence-corrected chi connectivity index (χ1v) is 5.50. The normalized spacial score (nSPS) is 11.7. The number of carbonyl (C=O) groups is 2. The Morgan fingerprint density at radius 1 is 1.44 bits per heavy atom. The summed E-state index contributed by atoms with van der Waals surface area (Å²) in [6, 6.07) is 6.67. The second kappa shape index (κ2) is 6.61. The van der Waals surface area contributed by atoms with E-state index in [9.17, 15) is 9.59 Å². The molecular formula is C12H16N2O4. The third-order valence-corrected chi connectivity index (χ3v) is 2.26. The highest BCUT2D eigenvalue weighted by molar-refractivity contribution is 5.97. The smallest absolute Gasteiger partial charge is 0.341 e. The van der Waals surface area contributed by atoms with Gasteiger partial charge in [0.2, 0.25) is 0 Å². The van der Waals surface area contributed by atoms with Gasteiger partial charge < -0.3 is 20.9 Å². The Morgan fingerprint density at radius 2 is 2.11 bits per heavy atom. The van der Waals surface area contributed by atoms with Crippen LogP contribution in [0.5, 0.6) is 0 Å². The first kappa shape index (κ1) is 14.0. The Balaban J connectivity index is 2.81. The van der Waals surface area contributed by atoms with Gasteiger partial charge in [0.25, 0.3) is 5.91 Å². The molecule has 1 amide bonds. The van der Waals surface area contributed by atoms with Crippen LogP contribution in [0, 0.1) is 0 Å². The average molecular weight is 252 g/mol. The Bertz CT molecular complexity index is 434. The third-order valence-electron chi connectivity index (χ3n) is 2.26. The van der Waals surface area contributed by atoms with Crippen LogP contribution >= 0.6 is 0 Å². The Labute approximate surface area is 105 Å². The highest BCUT2D eigenvalue weighted by atomic mass is 16.5. The van der Waals surface area contributed by atoms with Crippen molar-refractivity contribution in [2.24, 2.45) is 5.73 Å². The molecule has 1 aromatic rings. The number of carbonyl (C=O) groups excluding carboxylic acids is 2. The molecule has 98 valence electrons. The van der Waals surface area contributed by atoms with Crippen molar-refractivity contribution in [3.05, 3.63) is 29.8 Å². The van der Waals surface area contributed by atoms with Crippen molar-refractivity contribution in [3.8, 4) is 0 Å². The lowest BCUT2D eigenvalue weighted by molar-refractivity contribution is -0.125. The first-order valence-electron chi connectivity index (χ1n) is 5.50. The largest absolute Gasteiger partial charge is 0.449 e. The van der Waals surface area contributed by atoms with Gasteiger partial charge in [-0.15, -0.1) is 0 Å². The summed E-state index contributed by atoms with van der Waals surface area (Å²) in [6.07, 6.45) is -0.983. The van der Waals surface area contributed by atoms with Crippen LogP contribution in [0.25, 0.3) is 0 Å². The van der Waals surface area contributed by atoms with Crippen molar-refractivity contribution in [2.75, 3.05) is 18.5 Å². The van der Waals surface area contributed by atoms with Crippen LogP contribution in [0.15, 0.2) is 24.3 Å². The van der Waals surface area contributed by atoms with E-state index in [1.165, 1.54) is 6.92 Å². The number of nitrogens with two attached hydrogens (primary N) is 1. The van der Waals surface area contributed by atoms with Gasteiger partial charge in [-0.05, 0) is 19.1 Å². The molecule has 1 atom stereocenters. The molecule has 0 unspecified atom stereocenters. The molecule has 6 heteroatoms. The molecule has 0 aliphatic carbocycles. The molecule has 1 rings (SSSR count). The van der Waals surface area contributed by atoms with E-state index in [1.807, 2.05) is 0 Å². The lowest BCUT2D eigenvalue weighted by Crippen LogP contribution is -2.30. The quantitative estimate of drug-likeness (QED) is 0.624. The number of hydrogen-bond acceptors (Lipinski definition) is 5. The van der Waals surface area contributed by atoms with E-state index in [-0.39, 0.29) is 6.61 Å². The van der Waals surface area contributed by atoms with Crippen molar-refractivity contribution in [1.82, 2.24) is 0 Å². The second-order valence-corrected chi connectivity index (χ2v) is 3.65. The summed E-state index contributed by atoms with van der Waals surface area (Å²) in [5.74, 6) is -1.34. The van der Waals surface area contributed by atoms with Crippen LogP contribution in [-0.4, -0.2) is 36.2 Å². The van der Waals surface area contributed by atoms with Crippen LogP contribution in [0.3, 0.4) is 0 Å². The molecule has 4 N–H and O–H groups in total. The minimum Gasteiger partial charge on any atom is -0.449 e. The maximum atomic E-state index is 11.8. The van der Waals surface area contributed by atoms with Gasteiger partial charge in [0, 0.05) is 12.2 Å². The molecule has 0 aliphatic rings. The summed E-state index contributed by atoms with van der Waals surface area (Å²) < 4.78 is 4.90. The summed E-state index contributed by atoms with van der Waals surface area (Å²) in [6.45, 7) is 1.67. The van der Waals surface area contributed by atoms with E-state index in [1.54, 1.807) is 24.3 Å². The monoisotopic (exact) mass is 252 g/mol. The fraction of sp³-hybridized carbons (Fsp3) is 0.333. The molecule has 0 bridgehead atoms. The van der Waals surface area contributed by atoms with Gasteiger partial charge in [0.15, 0.2) is 6.10 Å². The number of primary amides is 1. The van der Waals surface area contributed by atoms with Gasteiger partial charge >= 0.3 is 5.97 Å². The zero-order chi connectivity index (χ0) is 13.5. The lowest BCUT2D eigenvalue weighted by Gasteiger charge is -2.13. The molecular weight excluding hydrogens is 236 g/mol. The topological polar surface area (TPSA) is 102 Å². The van der Waals surface area contributed by atoms with Crippen molar-refractivity contribution in [2.45, 2.75) is 13.0 Å². The molecule has 0 radical (unpaired) electrons. The molecule has 0 aliphatic heterocycles. The number of benzene rings is 1. The van der Waals surface area contributed by atoms with E-state index in [0.29, 0.717) is 17.8 Å². The number of amides is 1. The molecule has 0 aromatic heterocycles. The Morgan fingerprint density at radius 3 is 2.72 bits per heavy atom. The summed E-state index contributed by atoms with van der Waals surface area (Å²) in [5.41, 5.74) is 5.84. The second-order valence-electron chi connectivity index (χ2n) is 3.65. The number of anilines is 1. The van der Waals surface area contributed by atoms with Crippen LogP contribution in [0.2, 0.25) is 0 Å². The van der Waals surface area contributed by atoms with Crippen molar-refractivity contribution < 1.29 is 19.4 Å². The number of para-hydroxylation sites is 1. The number of esters is 1. The molecule has 0 heterocycles. The Kier molecular flexibility index (Phi) is 5.13. The van der Waals surface area contributed by atoms with Crippen molar-refractivity contribution in [3.63, 3.8) is 0 Å². The van der Waals surface area contributed by atoms with Crippen molar-refractivity contribution in [1.29, 1.82) is 0 Å². The number of aliphatic hydroxyl groups is 1. The van der Waals surface area contributed by atoms with E-state index in [0.717, 1.165) is 0 Å². The maximum absolute atomic E-state index is 11.8. The summed E-state index contributed by atoms with van der Waals surface area (Å²) in [4.78, 5) is 22.6. The number of rotatable bonds is 6. The zero-order valence-electron chi connectivity index (χ0n) is 10.1. The molecule has 0 spiro atoms. The third kappa shape index (κ3) is 3.74. The van der Waals surface area contributed by atoms with Crippen LogP contribution < -0.4 is 11.1 Å². The fourth-order valence-corrected chi connectivity index (χ4v) is 1.29. The number of hydrogen-bond donors (Lipinski definition) is 3. The van der Waals surface area contributed by atoms with Gasteiger partial charge in [0.1, 0.15) is 0 Å². The highest BCUT2D eigenvalue weighted by Crippen LogP contribution is 2.16. The van der Waals surface area contributed by atoms with Crippen LogP contribution in [0.4, 0.5) is 5.69 Å². The average Bonchev–Trinajstić information content (AvgIpc) is 2.36. The molecule has 0 saturated heterocycles. The minimum atomic E-state index is -0.983. The highest BCUT2D eigenvalue weighted by Gasteiger charge is 2.18. The zero-order valence-corrected chi connectivity index (χ0v) is 10.1. The van der Waals surface area contributed by atoms with Gasteiger partial charge in [-0.3, -0.25) is 4.79 Å². The molecule has 1 aromatic carbocycles. The predicted octanol–water partition coefficient (Wildman–Crippen LogP) is 0.121. The SMILES string of the molecule is C[C@H](OC(=O)c1ccccc1NCCO)C(N)=O. The Hall–Kier alpha value is -2.08. The first-order chi connectivity index (χ1) is 8.56. The van der Waals surface area contributed by atoms with Crippen LogP contribution in [0.1, 0.15) is 17.3 Å². The van der Waals surface area contributed by atoms with E-state index in [2.05, 4.69) is 5.32 Å². The van der Waals surface area contributed by atoms with Gasteiger partial charge in [0.05, 0.1) is 12.2 Å². The van der Waals surface area contributed by atoms with E-state index >= 15 is 0 Å². The number of nitrogens with one attached hydrogen (secondary N) is 1. The summed E-state index contributed by atoms with van der Waals surface area (Å²) in [5, 5.41) is 11.6. The molecule has 0 fully saturated rings. The summed E-state index contributed by atoms with van der Waals surface area (Å²) in [7, 11) is 0. The van der Waals surface area contributed by atoms with Crippen LogP contribution in [-0.2, 0) is 9.53 Å². The molecule has 0 saturated carbocycles. The van der Waals surface area contributed by atoms with E-state index in [4.69, 9.17) is 15.6 Å². The van der Waals surface area contributed by atoms with Crippen molar-refractivity contribution >= 4 is 17.6 Å². The lowest BCUT2D eigenvalue weighted by atomic mass is 10.2. The fourth-order valence-electron chi connectivity index (χ4n) is 1.29. The van der Waals surface area contributed by atoms with Gasteiger partial charge in [-0.25, -0.2) is 4.79 Å². The maximum Gasteiger partial charge on any atom is 0.341 e. The summed E-state index contributed by atoms with van der Waals surface area (Å²) >= 11 is 0. The minimum absolute atomic E-state index is 0.0545. The molecule has 6 nitrogen and oxygen atoms in total. The predicted molar refractivity (Wildman–Crippen MR) is 66.1 cm³/mol. The van der Waals surface area contributed by atoms with E-state index < -0.39 is 18.0 Å². The molecule has 18 heavy (non-hydrogen) atoms. The number of aliphatic hydroxyl groups excluding tert-OH is 1.